The lowest BCUT2D eigenvalue weighted by Gasteiger charge is -2.18. The molecule has 0 unspecified atom stereocenters. The van der Waals surface area contributed by atoms with E-state index in [2.05, 4.69) is 28.8 Å². The molecular weight excluding hydrogens is 425 g/mol. The van der Waals surface area contributed by atoms with Crippen LogP contribution in [0.2, 0.25) is 0 Å². The van der Waals surface area contributed by atoms with Crippen LogP contribution in [0.15, 0.2) is 36.5 Å². The summed E-state index contributed by atoms with van der Waals surface area (Å²) in [7, 11) is 0. The number of hydrazine groups is 1. The van der Waals surface area contributed by atoms with Crippen LogP contribution in [-0.2, 0) is 0 Å². The maximum Gasteiger partial charge on any atom is 0.405 e. The molecule has 1 aromatic heterocycles. The summed E-state index contributed by atoms with van der Waals surface area (Å²) in [6, 6.07) is 9.67. The number of pyridine rings is 1. The molecule has 2 aromatic rings. The topological polar surface area (TPSA) is 60.7 Å². The number of benzene rings is 1. The number of nitrogens with one attached hydrogen (secondary N) is 2. The van der Waals surface area contributed by atoms with Crippen molar-refractivity contribution in [1.29, 1.82) is 5.26 Å². The minimum Gasteiger partial charge on any atom is -0.319 e. The molecule has 33 heavy (non-hydrogen) atoms. The Balaban J connectivity index is 0.000000554. The quantitative estimate of drug-likeness (QED) is 0.367. The van der Waals surface area contributed by atoms with Crippen molar-refractivity contribution in [3.8, 4) is 6.07 Å². The number of aryl methyl sites for hydroxylation is 2. The van der Waals surface area contributed by atoms with Gasteiger partial charge in [-0.05, 0) is 62.4 Å². The van der Waals surface area contributed by atoms with Crippen LogP contribution in [-0.4, -0.2) is 17.2 Å². The molecule has 0 radical (unpaired) electrons. The van der Waals surface area contributed by atoms with Crippen molar-refractivity contribution in [2.75, 3.05) is 5.43 Å². The number of rotatable bonds is 5. The average Bonchev–Trinajstić information content (AvgIpc) is 3.25. The van der Waals surface area contributed by atoms with Gasteiger partial charge in [0.05, 0.1) is 23.2 Å². The zero-order valence-electron chi connectivity index (χ0n) is 20.0. The molecule has 1 saturated carbocycles. The summed E-state index contributed by atoms with van der Waals surface area (Å²) in [4.78, 5) is 4.27. The van der Waals surface area contributed by atoms with Crippen molar-refractivity contribution >= 4 is 16.8 Å². The van der Waals surface area contributed by atoms with Gasteiger partial charge >= 0.3 is 6.18 Å². The lowest BCUT2D eigenvalue weighted by atomic mass is 9.95. The molecule has 1 atom stereocenters. The Hall–Kier alpha value is -2.85. The molecule has 178 valence electrons. The Morgan fingerprint density at radius 3 is 2.27 bits per heavy atom. The molecule has 1 aliphatic rings. The van der Waals surface area contributed by atoms with Crippen LogP contribution >= 0.6 is 0 Å². The Bertz CT molecular complexity index is 982. The van der Waals surface area contributed by atoms with Crippen molar-refractivity contribution in [3.05, 3.63) is 58.9 Å². The molecule has 3 rings (SSSR count). The first-order chi connectivity index (χ1) is 15.5. The van der Waals surface area contributed by atoms with Gasteiger partial charge in [0.1, 0.15) is 12.1 Å². The fraction of sp³-hybridized carbons (Fsp3) is 0.462. The molecule has 0 aliphatic heterocycles. The van der Waals surface area contributed by atoms with Gasteiger partial charge in [-0.2, -0.15) is 18.4 Å². The number of anilines is 1. The number of nitrogens with zero attached hydrogens (tertiary/aromatic N) is 2. The highest BCUT2D eigenvalue weighted by atomic mass is 19.4. The van der Waals surface area contributed by atoms with Crippen molar-refractivity contribution in [1.82, 2.24) is 10.4 Å². The normalized spacial score (nSPS) is 15.7. The lowest BCUT2D eigenvalue weighted by molar-refractivity contribution is -0.150. The molecule has 1 aliphatic carbocycles. The molecule has 2 N–H and O–H groups in total. The van der Waals surface area contributed by atoms with Gasteiger partial charge in [-0.1, -0.05) is 56.4 Å². The highest BCUT2D eigenvalue weighted by molar-refractivity contribution is 5.96. The Morgan fingerprint density at radius 1 is 1.15 bits per heavy atom. The van der Waals surface area contributed by atoms with E-state index in [0.29, 0.717) is 22.5 Å². The summed E-state index contributed by atoms with van der Waals surface area (Å²) in [5, 5.41) is 9.62. The smallest absolute Gasteiger partial charge is 0.319 e. The van der Waals surface area contributed by atoms with E-state index in [1.807, 2.05) is 32.0 Å². The van der Waals surface area contributed by atoms with Crippen LogP contribution in [0.1, 0.15) is 68.8 Å². The SMILES string of the molecule is C/C(=C(/C#N)c1ccc(C)cc1C)c1ccc(NN[C@@H](C)C(F)(F)F)cn1.CC1CCCC1. The minimum atomic E-state index is -4.34. The van der Waals surface area contributed by atoms with E-state index in [0.717, 1.165) is 29.5 Å². The third-order valence-electron chi connectivity index (χ3n) is 5.85. The van der Waals surface area contributed by atoms with E-state index >= 15 is 0 Å². The summed E-state index contributed by atoms with van der Waals surface area (Å²) in [6.07, 6.45) is 3.03. The second kappa shape index (κ2) is 11.9. The standard InChI is InChI=1S/C20H21F3N4.C6H12/c1-12-5-7-17(13(2)9-12)18(10-24)14(3)19-8-6-16(11-25-19)27-26-15(4)20(21,22)23;1-6-4-2-3-5-6/h5-9,11,15,26-27H,1-4H3;6H,2-5H2,1H3/b18-14+;/t15-;/m0./s1. The van der Waals surface area contributed by atoms with E-state index in [9.17, 15) is 18.4 Å². The maximum atomic E-state index is 12.5. The highest BCUT2D eigenvalue weighted by Gasteiger charge is 2.35. The van der Waals surface area contributed by atoms with Crippen LogP contribution < -0.4 is 10.9 Å². The van der Waals surface area contributed by atoms with Crippen LogP contribution in [0, 0.1) is 31.1 Å². The molecule has 0 spiro atoms. The monoisotopic (exact) mass is 458 g/mol. The summed E-state index contributed by atoms with van der Waals surface area (Å²) in [5.74, 6) is 1.05. The van der Waals surface area contributed by atoms with Crippen molar-refractivity contribution in [3.63, 3.8) is 0 Å². The lowest BCUT2D eigenvalue weighted by Crippen LogP contribution is -2.42. The second-order valence-corrected chi connectivity index (χ2v) is 8.78. The van der Waals surface area contributed by atoms with Crippen LogP contribution in [0.3, 0.4) is 0 Å². The third kappa shape index (κ3) is 7.90. The van der Waals surface area contributed by atoms with Gasteiger partial charge in [-0.25, -0.2) is 5.43 Å². The van der Waals surface area contributed by atoms with Gasteiger partial charge in [0, 0.05) is 0 Å². The number of allylic oxidation sites excluding steroid dienone is 2. The van der Waals surface area contributed by atoms with Gasteiger partial charge in [0.25, 0.3) is 0 Å². The number of hydrogen-bond acceptors (Lipinski definition) is 4. The third-order valence-corrected chi connectivity index (χ3v) is 5.85. The van der Waals surface area contributed by atoms with Crippen LogP contribution in [0.25, 0.3) is 11.1 Å². The second-order valence-electron chi connectivity index (χ2n) is 8.78. The summed E-state index contributed by atoms with van der Waals surface area (Å²) >= 11 is 0. The fourth-order valence-corrected chi connectivity index (χ4v) is 3.66. The van der Waals surface area contributed by atoms with Gasteiger partial charge < -0.3 is 5.43 Å². The van der Waals surface area contributed by atoms with Crippen LogP contribution in [0.4, 0.5) is 18.9 Å². The van der Waals surface area contributed by atoms with Crippen molar-refractivity contribution < 1.29 is 13.2 Å². The number of halogens is 3. The maximum absolute atomic E-state index is 12.5. The Morgan fingerprint density at radius 2 is 1.82 bits per heavy atom. The summed E-state index contributed by atoms with van der Waals surface area (Å²) in [5.41, 5.74) is 9.82. The van der Waals surface area contributed by atoms with E-state index in [-0.39, 0.29) is 0 Å². The molecule has 1 fully saturated rings. The van der Waals surface area contributed by atoms with E-state index < -0.39 is 12.2 Å². The predicted octanol–water partition coefficient (Wildman–Crippen LogP) is 7.22. The predicted molar refractivity (Wildman–Crippen MR) is 128 cm³/mol. The molecular formula is C26H33F3N4. The first kappa shape index (κ1) is 26.4. The molecule has 0 amide bonds. The molecule has 4 nitrogen and oxygen atoms in total. The average molecular weight is 459 g/mol. The molecule has 1 heterocycles. The van der Waals surface area contributed by atoms with Gasteiger partial charge in [0.2, 0.25) is 0 Å². The van der Waals surface area contributed by atoms with E-state index in [1.54, 1.807) is 19.1 Å². The summed E-state index contributed by atoms with van der Waals surface area (Å²) in [6.45, 7) is 9.09. The molecule has 0 bridgehead atoms. The van der Waals surface area contributed by atoms with E-state index in [4.69, 9.17) is 0 Å². The summed E-state index contributed by atoms with van der Waals surface area (Å²) < 4.78 is 37.5. The van der Waals surface area contributed by atoms with Crippen molar-refractivity contribution in [2.45, 2.75) is 72.5 Å². The molecule has 7 heteroatoms. The van der Waals surface area contributed by atoms with Gasteiger partial charge in [0.15, 0.2) is 0 Å². The van der Waals surface area contributed by atoms with E-state index in [1.165, 1.54) is 31.9 Å². The number of aromatic nitrogens is 1. The number of hydrogen-bond donors (Lipinski definition) is 2. The molecule has 1 aromatic carbocycles. The van der Waals surface area contributed by atoms with Crippen molar-refractivity contribution in [2.24, 2.45) is 5.92 Å². The number of nitriles is 1. The zero-order valence-corrected chi connectivity index (χ0v) is 20.0. The first-order valence-electron chi connectivity index (χ1n) is 11.3. The van der Waals surface area contributed by atoms with Crippen LogP contribution in [0.5, 0.6) is 0 Å². The zero-order chi connectivity index (χ0) is 24.6. The highest BCUT2D eigenvalue weighted by Crippen LogP contribution is 2.28. The molecule has 0 saturated heterocycles. The first-order valence-corrected chi connectivity index (χ1v) is 11.3. The fourth-order valence-electron chi connectivity index (χ4n) is 3.66. The Labute approximate surface area is 194 Å². The number of alkyl halides is 3. The largest absolute Gasteiger partial charge is 0.405 e. The Kier molecular flexibility index (Phi) is 9.48. The van der Waals surface area contributed by atoms with Gasteiger partial charge in [-0.3, -0.25) is 4.98 Å². The van der Waals surface area contributed by atoms with Gasteiger partial charge in [-0.15, -0.1) is 0 Å². The minimum absolute atomic E-state index is 0.396.